The normalized spacial score (nSPS) is 19.9. The van der Waals surface area contributed by atoms with E-state index in [2.05, 4.69) is 29.6 Å². The van der Waals surface area contributed by atoms with Crippen molar-refractivity contribution in [3.05, 3.63) is 59.7 Å². The first-order valence-corrected chi connectivity index (χ1v) is 12.3. The highest BCUT2D eigenvalue weighted by Gasteiger charge is 2.41. The van der Waals surface area contributed by atoms with Crippen molar-refractivity contribution in [3.8, 4) is 11.1 Å². The number of rotatable bonds is 8. The molecule has 1 heterocycles. The molecule has 180 valence electrons. The van der Waals surface area contributed by atoms with Crippen molar-refractivity contribution in [1.29, 1.82) is 0 Å². The van der Waals surface area contributed by atoms with Crippen LogP contribution in [0.4, 0.5) is 4.79 Å². The number of methoxy groups -OCH3 is 1. The first kappa shape index (κ1) is 24.1. The van der Waals surface area contributed by atoms with Crippen molar-refractivity contribution < 1.29 is 29.0 Å². The van der Waals surface area contributed by atoms with Crippen LogP contribution in [0, 0.1) is 0 Å². The summed E-state index contributed by atoms with van der Waals surface area (Å²) < 4.78 is 10.8. The van der Waals surface area contributed by atoms with E-state index in [-0.39, 0.29) is 36.8 Å². The van der Waals surface area contributed by atoms with E-state index in [1.165, 1.54) is 23.8 Å². The number of amides is 2. The number of carbonyl (C=O) groups excluding carboxylic acids is 2. The summed E-state index contributed by atoms with van der Waals surface area (Å²) >= 11 is 1.41. The van der Waals surface area contributed by atoms with Gasteiger partial charge in [0.05, 0.1) is 5.37 Å². The number of carboxylic acids is 1. The summed E-state index contributed by atoms with van der Waals surface area (Å²) in [6.07, 6.45) is -1.21. The van der Waals surface area contributed by atoms with Gasteiger partial charge in [-0.15, -0.1) is 11.8 Å². The van der Waals surface area contributed by atoms with Gasteiger partial charge < -0.3 is 24.8 Å². The van der Waals surface area contributed by atoms with Gasteiger partial charge in [0.1, 0.15) is 18.8 Å². The van der Waals surface area contributed by atoms with Gasteiger partial charge in [-0.2, -0.15) is 0 Å². The molecule has 3 atom stereocenters. The van der Waals surface area contributed by atoms with Crippen LogP contribution < -0.4 is 5.32 Å². The first-order valence-electron chi connectivity index (χ1n) is 11.2. The second kappa shape index (κ2) is 10.5. The molecule has 2 N–H and O–H groups in total. The number of nitrogens with zero attached hydrogens (tertiary/aromatic N) is 1. The van der Waals surface area contributed by atoms with E-state index >= 15 is 0 Å². The van der Waals surface area contributed by atoms with Gasteiger partial charge in [0.2, 0.25) is 0 Å². The predicted octanol–water partition coefficient (Wildman–Crippen LogP) is 3.30. The number of thioether (sulfide) groups is 1. The minimum atomic E-state index is -1.03. The highest BCUT2D eigenvalue weighted by atomic mass is 32.2. The van der Waals surface area contributed by atoms with Crippen molar-refractivity contribution in [1.82, 2.24) is 10.2 Å². The number of hydrogen-bond donors (Lipinski definition) is 2. The summed E-state index contributed by atoms with van der Waals surface area (Å²) in [5.74, 6) is -1.11. The van der Waals surface area contributed by atoms with E-state index < -0.39 is 24.2 Å². The average molecular weight is 485 g/mol. The van der Waals surface area contributed by atoms with Crippen LogP contribution in [0.5, 0.6) is 0 Å². The SMILES string of the molecule is COC(CCNC(=O)OCC1c2ccccc2-c2ccccc21)C(=O)N1C(C)SCC1C(=O)O. The van der Waals surface area contributed by atoms with E-state index in [1.54, 1.807) is 6.92 Å². The fourth-order valence-electron chi connectivity index (χ4n) is 4.63. The summed E-state index contributed by atoms with van der Waals surface area (Å²) in [5, 5.41) is 11.8. The molecule has 8 nitrogen and oxygen atoms in total. The van der Waals surface area contributed by atoms with Crippen LogP contribution >= 0.6 is 11.8 Å². The molecule has 3 unspecified atom stereocenters. The molecule has 0 spiro atoms. The Labute approximate surface area is 202 Å². The maximum absolute atomic E-state index is 12.9. The molecule has 1 aliphatic heterocycles. The predicted molar refractivity (Wildman–Crippen MR) is 129 cm³/mol. The van der Waals surface area contributed by atoms with Crippen LogP contribution in [0.25, 0.3) is 11.1 Å². The Morgan fingerprint density at radius 3 is 2.32 bits per heavy atom. The van der Waals surface area contributed by atoms with E-state index in [1.807, 2.05) is 24.3 Å². The Morgan fingerprint density at radius 2 is 1.74 bits per heavy atom. The van der Waals surface area contributed by atoms with Gasteiger partial charge in [-0.05, 0) is 29.2 Å². The fourth-order valence-corrected chi connectivity index (χ4v) is 5.81. The number of benzene rings is 2. The molecule has 2 aliphatic rings. The molecule has 2 aromatic rings. The number of nitrogens with one attached hydrogen (secondary N) is 1. The van der Waals surface area contributed by atoms with Crippen molar-refractivity contribution in [2.24, 2.45) is 0 Å². The topological polar surface area (TPSA) is 105 Å². The summed E-state index contributed by atoms with van der Waals surface area (Å²) in [4.78, 5) is 38.1. The Morgan fingerprint density at radius 1 is 1.12 bits per heavy atom. The van der Waals surface area contributed by atoms with Gasteiger partial charge in [0.25, 0.3) is 5.91 Å². The minimum absolute atomic E-state index is 0.0337. The third-order valence-corrected chi connectivity index (χ3v) is 7.56. The standard InChI is InChI=1S/C25H28N2O6S/c1-15-27(21(14-34-15)24(29)30)23(28)22(32-2)11-12-26-25(31)33-13-20-18-9-5-3-7-16(18)17-8-4-6-10-19(17)20/h3-10,15,20-22H,11-14H2,1-2H3,(H,26,31)(H,29,30). The van der Waals surface area contributed by atoms with Crippen LogP contribution in [-0.4, -0.2) is 71.5 Å². The van der Waals surface area contributed by atoms with Crippen LogP contribution in [0.2, 0.25) is 0 Å². The van der Waals surface area contributed by atoms with Gasteiger partial charge in [-0.25, -0.2) is 9.59 Å². The summed E-state index contributed by atoms with van der Waals surface area (Å²) in [6, 6.07) is 15.3. The lowest BCUT2D eigenvalue weighted by atomic mass is 9.98. The molecule has 0 aromatic heterocycles. The molecule has 0 radical (unpaired) electrons. The zero-order valence-corrected chi connectivity index (χ0v) is 19.9. The Kier molecular flexibility index (Phi) is 7.43. The van der Waals surface area contributed by atoms with Crippen LogP contribution in [0.3, 0.4) is 0 Å². The zero-order valence-electron chi connectivity index (χ0n) is 19.1. The second-order valence-corrected chi connectivity index (χ2v) is 9.65. The van der Waals surface area contributed by atoms with Gasteiger partial charge in [-0.1, -0.05) is 48.5 Å². The monoisotopic (exact) mass is 484 g/mol. The molecule has 34 heavy (non-hydrogen) atoms. The summed E-state index contributed by atoms with van der Waals surface area (Å²) in [6.45, 7) is 2.16. The minimum Gasteiger partial charge on any atom is -0.480 e. The maximum atomic E-state index is 12.9. The van der Waals surface area contributed by atoms with Crippen molar-refractivity contribution in [2.45, 2.75) is 36.8 Å². The van der Waals surface area contributed by atoms with E-state index in [0.717, 1.165) is 22.3 Å². The number of carbonyl (C=O) groups is 3. The molecule has 9 heteroatoms. The molecule has 2 aromatic carbocycles. The van der Waals surface area contributed by atoms with E-state index in [9.17, 15) is 19.5 Å². The van der Waals surface area contributed by atoms with Crippen LogP contribution in [0.1, 0.15) is 30.4 Å². The Hall–Kier alpha value is -3.04. The number of aliphatic carboxylic acids is 1. The molecule has 4 rings (SSSR count). The third kappa shape index (κ3) is 4.76. The van der Waals surface area contributed by atoms with Gasteiger partial charge in [-0.3, -0.25) is 4.79 Å². The number of carboxylic acid groups (broad SMARTS) is 1. The van der Waals surface area contributed by atoms with Gasteiger partial charge in [0.15, 0.2) is 0 Å². The number of alkyl carbamates (subject to hydrolysis) is 1. The molecular formula is C25H28N2O6S. The van der Waals surface area contributed by atoms with E-state index in [0.29, 0.717) is 5.75 Å². The van der Waals surface area contributed by atoms with Crippen LogP contribution in [0.15, 0.2) is 48.5 Å². The number of fused-ring (bicyclic) bond motifs is 3. The molecule has 1 fully saturated rings. The molecule has 1 saturated heterocycles. The van der Waals surface area contributed by atoms with Gasteiger partial charge in [0, 0.05) is 31.7 Å². The largest absolute Gasteiger partial charge is 0.480 e. The highest BCUT2D eigenvalue weighted by molar-refractivity contribution is 8.00. The second-order valence-electron chi connectivity index (χ2n) is 8.30. The van der Waals surface area contributed by atoms with Crippen molar-refractivity contribution >= 4 is 29.7 Å². The highest BCUT2D eigenvalue weighted by Crippen LogP contribution is 2.44. The lowest BCUT2D eigenvalue weighted by molar-refractivity contribution is -0.154. The molecule has 2 amide bonds. The summed E-state index contributed by atoms with van der Waals surface area (Å²) in [5.41, 5.74) is 4.57. The van der Waals surface area contributed by atoms with Crippen molar-refractivity contribution in [2.75, 3.05) is 26.0 Å². The lowest BCUT2D eigenvalue weighted by Gasteiger charge is -2.28. The van der Waals surface area contributed by atoms with Gasteiger partial charge >= 0.3 is 12.1 Å². The molecule has 1 aliphatic carbocycles. The first-order chi connectivity index (χ1) is 16.4. The molecular weight excluding hydrogens is 456 g/mol. The third-order valence-electron chi connectivity index (χ3n) is 6.34. The smallest absolute Gasteiger partial charge is 0.407 e. The Balaban J connectivity index is 1.30. The summed E-state index contributed by atoms with van der Waals surface area (Å²) in [7, 11) is 1.40. The Bertz CT molecular complexity index is 1030. The fraction of sp³-hybridized carbons (Fsp3) is 0.400. The van der Waals surface area contributed by atoms with Crippen LogP contribution in [-0.2, 0) is 19.1 Å². The van der Waals surface area contributed by atoms with E-state index in [4.69, 9.17) is 9.47 Å². The number of hydrogen-bond acceptors (Lipinski definition) is 6. The maximum Gasteiger partial charge on any atom is 0.407 e. The lowest BCUT2D eigenvalue weighted by Crippen LogP contribution is -2.50. The number of ether oxygens (including phenoxy) is 2. The van der Waals surface area contributed by atoms with Crippen molar-refractivity contribution in [3.63, 3.8) is 0 Å². The zero-order chi connectivity index (χ0) is 24.2. The average Bonchev–Trinajstić information content (AvgIpc) is 3.38. The molecule has 0 saturated carbocycles. The molecule has 0 bridgehead atoms. The quantitative estimate of drug-likeness (QED) is 0.592.